The molecule has 1 aliphatic rings. The maximum atomic E-state index is 14.0. The van der Waals surface area contributed by atoms with Gasteiger partial charge in [0.05, 0.1) is 36.3 Å². The zero-order chi connectivity index (χ0) is 25.7. The molecule has 7 nitrogen and oxygen atoms in total. The van der Waals surface area contributed by atoms with E-state index in [1.54, 1.807) is 16.7 Å². The molecule has 1 aromatic heterocycles. The molecular formula is C24H20F4N2O5S. The third-order valence-electron chi connectivity index (χ3n) is 6.07. The summed E-state index contributed by atoms with van der Waals surface area (Å²) in [5.41, 5.74) is 1.36. The molecule has 1 fully saturated rings. The van der Waals surface area contributed by atoms with Gasteiger partial charge in [0, 0.05) is 21.8 Å². The molecule has 0 radical (unpaired) electrons. The standard InChI is InChI=1S/C24H20F4N2O5S/c25-14-5-10-21-18(11-14)17-3-1-2-4-20(17)30(21)22-13-34-12-19(23(22)31)29-36(32,33)16-8-6-15(7-9-16)35-24(26,27)28/h1-11,19,22-23,29,31H,12-13H2/t19-,22+,23+/m1/s1. The first-order valence-electron chi connectivity index (χ1n) is 10.9. The molecule has 190 valence electrons. The number of benzene rings is 3. The van der Waals surface area contributed by atoms with Gasteiger partial charge >= 0.3 is 6.36 Å². The van der Waals surface area contributed by atoms with E-state index in [2.05, 4.69) is 9.46 Å². The fraction of sp³-hybridized carbons (Fsp3) is 0.250. The highest BCUT2D eigenvalue weighted by Gasteiger charge is 2.38. The van der Waals surface area contributed by atoms with Crippen molar-refractivity contribution in [2.24, 2.45) is 0 Å². The number of sulfonamides is 1. The molecule has 4 aromatic rings. The van der Waals surface area contributed by atoms with E-state index in [0.29, 0.717) is 10.9 Å². The number of aliphatic hydroxyl groups excluding tert-OH is 1. The van der Waals surface area contributed by atoms with Gasteiger partial charge in [-0.15, -0.1) is 13.2 Å². The van der Waals surface area contributed by atoms with E-state index in [-0.39, 0.29) is 18.1 Å². The minimum Gasteiger partial charge on any atom is -0.406 e. The molecule has 3 atom stereocenters. The summed E-state index contributed by atoms with van der Waals surface area (Å²) in [5, 5.41) is 12.6. The highest BCUT2D eigenvalue weighted by molar-refractivity contribution is 7.89. The highest BCUT2D eigenvalue weighted by atomic mass is 32.2. The molecule has 36 heavy (non-hydrogen) atoms. The van der Waals surface area contributed by atoms with Crippen LogP contribution in [0, 0.1) is 5.82 Å². The van der Waals surface area contributed by atoms with Gasteiger partial charge in [-0.05, 0) is 48.5 Å². The third kappa shape index (κ3) is 4.64. The molecule has 2 heterocycles. The van der Waals surface area contributed by atoms with E-state index in [1.165, 1.54) is 12.1 Å². The fourth-order valence-corrected chi connectivity index (χ4v) is 5.77. The summed E-state index contributed by atoms with van der Waals surface area (Å²) in [6.45, 7) is -0.0497. The van der Waals surface area contributed by atoms with Crippen LogP contribution < -0.4 is 9.46 Å². The van der Waals surface area contributed by atoms with Gasteiger partial charge in [0.2, 0.25) is 10.0 Å². The smallest absolute Gasteiger partial charge is 0.406 e. The van der Waals surface area contributed by atoms with E-state index < -0.39 is 46.1 Å². The van der Waals surface area contributed by atoms with Crippen LogP contribution in [-0.4, -0.2) is 49.8 Å². The average molecular weight is 524 g/mol. The third-order valence-corrected chi connectivity index (χ3v) is 7.58. The Balaban J connectivity index is 1.44. The Bertz CT molecular complexity index is 1520. The van der Waals surface area contributed by atoms with Crippen LogP contribution in [0.5, 0.6) is 5.75 Å². The average Bonchev–Trinajstić information content (AvgIpc) is 3.13. The van der Waals surface area contributed by atoms with Crippen molar-refractivity contribution in [3.8, 4) is 5.75 Å². The topological polar surface area (TPSA) is 89.8 Å². The number of hydrogen-bond acceptors (Lipinski definition) is 5. The normalized spacial score (nSPS) is 21.2. The van der Waals surface area contributed by atoms with Crippen molar-refractivity contribution in [1.82, 2.24) is 9.29 Å². The predicted molar refractivity (Wildman–Crippen MR) is 122 cm³/mol. The lowest BCUT2D eigenvalue weighted by atomic mass is 10.0. The molecule has 0 aliphatic carbocycles. The molecular weight excluding hydrogens is 504 g/mol. The van der Waals surface area contributed by atoms with Crippen LogP contribution in [0.2, 0.25) is 0 Å². The van der Waals surface area contributed by atoms with Gasteiger partial charge in [0.15, 0.2) is 0 Å². The van der Waals surface area contributed by atoms with Gasteiger partial charge in [-0.1, -0.05) is 18.2 Å². The first kappa shape index (κ1) is 24.5. The highest BCUT2D eigenvalue weighted by Crippen LogP contribution is 2.35. The Labute approximate surface area is 202 Å². The minimum atomic E-state index is -4.91. The van der Waals surface area contributed by atoms with Crippen molar-refractivity contribution in [1.29, 1.82) is 0 Å². The molecule has 0 bridgehead atoms. The summed E-state index contributed by atoms with van der Waals surface area (Å²) in [7, 11) is -4.22. The summed E-state index contributed by atoms with van der Waals surface area (Å²) in [4.78, 5) is -0.307. The zero-order valence-electron chi connectivity index (χ0n) is 18.4. The van der Waals surface area contributed by atoms with Crippen LogP contribution in [0.1, 0.15) is 6.04 Å². The molecule has 3 aromatic carbocycles. The van der Waals surface area contributed by atoms with Gasteiger partial charge in [-0.3, -0.25) is 0 Å². The van der Waals surface area contributed by atoms with Crippen molar-refractivity contribution in [2.75, 3.05) is 13.2 Å². The maximum Gasteiger partial charge on any atom is 0.573 e. The van der Waals surface area contributed by atoms with Crippen LogP contribution in [0.4, 0.5) is 17.6 Å². The van der Waals surface area contributed by atoms with E-state index in [1.807, 2.05) is 18.2 Å². The Morgan fingerprint density at radius 1 is 0.972 bits per heavy atom. The largest absolute Gasteiger partial charge is 0.573 e. The second kappa shape index (κ2) is 9.04. The molecule has 1 aliphatic heterocycles. The molecule has 5 rings (SSSR count). The number of para-hydroxylation sites is 1. The van der Waals surface area contributed by atoms with Crippen LogP contribution in [0.3, 0.4) is 0 Å². The van der Waals surface area contributed by atoms with E-state index >= 15 is 0 Å². The monoisotopic (exact) mass is 524 g/mol. The van der Waals surface area contributed by atoms with Crippen molar-refractivity contribution in [3.63, 3.8) is 0 Å². The molecule has 1 saturated heterocycles. The molecule has 0 saturated carbocycles. The summed E-state index contributed by atoms with van der Waals surface area (Å²) in [5.74, 6) is -0.978. The van der Waals surface area contributed by atoms with E-state index in [9.17, 15) is 31.1 Å². The number of fused-ring (bicyclic) bond motifs is 3. The lowest BCUT2D eigenvalue weighted by Crippen LogP contribution is -2.53. The fourth-order valence-electron chi connectivity index (χ4n) is 4.53. The van der Waals surface area contributed by atoms with E-state index in [0.717, 1.165) is 35.2 Å². The van der Waals surface area contributed by atoms with Crippen molar-refractivity contribution < 1.29 is 40.6 Å². The summed E-state index contributed by atoms with van der Waals surface area (Å²) < 4.78 is 90.5. The lowest BCUT2D eigenvalue weighted by Gasteiger charge is -2.36. The second-order valence-electron chi connectivity index (χ2n) is 8.39. The number of rotatable bonds is 5. The molecule has 0 spiro atoms. The lowest BCUT2D eigenvalue weighted by molar-refractivity contribution is -0.274. The molecule has 0 amide bonds. The number of alkyl halides is 3. The van der Waals surface area contributed by atoms with Crippen molar-refractivity contribution >= 4 is 31.8 Å². The Hall–Kier alpha value is -3.19. The first-order valence-corrected chi connectivity index (χ1v) is 12.3. The Morgan fingerprint density at radius 3 is 2.39 bits per heavy atom. The Morgan fingerprint density at radius 2 is 1.67 bits per heavy atom. The number of nitrogens with zero attached hydrogens (tertiary/aromatic N) is 1. The summed E-state index contributed by atoms with van der Waals surface area (Å²) in [6.07, 6.45) is -6.14. The number of aromatic nitrogens is 1. The molecule has 0 unspecified atom stereocenters. The van der Waals surface area contributed by atoms with Crippen molar-refractivity contribution in [2.45, 2.75) is 29.4 Å². The van der Waals surface area contributed by atoms with Crippen LogP contribution in [0.25, 0.3) is 21.8 Å². The summed E-state index contributed by atoms with van der Waals surface area (Å²) >= 11 is 0. The van der Waals surface area contributed by atoms with Gasteiger partial charge in [0.25, 0.3) is 0 Å². The number of halogens is 4. The molecule has 2 N–H and O–H groups in total. The SMILES string of the molecule is O=S(=O)(N[C@@H]1COC[C@H](n2c3ccccc3c3cc(F)ccc32)[C@H]1O)c1ccc(OC(F)(F)F)cc1. The van der Waals surface area contributed by atoms with E-state index in [4.69, 9.17) is 4.74 Å². The van der Waals surface area contributed by atoms with Gasteiger partial charge in [0.1, 0.15) is 11.6 Å². The molecule has 12 heteroatoms. The predicted octanol–water partition coefficient (Wildman–Crippen LogP) is 4.11. The maximum absolute atomic E-state index is 14.0. The number of ether oxygens (including phenoxy) is 2. The zero-order valence-corrected chi connectivity index (χ0v) is 19.3. The minimum absolute atomic E-state index is 0.0774. The second-order valence-corrected chi connectivity index (χ2v) is 10.1. The van der Waals surface area contributed by atoms with Gasteiger partial charge in [-0.2, -0.15) is 0 Å². The Kier molecular flexibility index (Phi) is 6.15. The van der Waals surface area contributed by atoms with Crippen LogP contribution in [-0.2, 0) is 14.8 Å². The first-order chi connectivity index (χ1) is 17.0. The van der Waals surface area contributed by atoms with Crippen LogP contribution in [0.15, 0.2) is 71.6 Å². The van der Waals surface area contributed by atoms with Crippen LogP contribution >= 0.6 is 0 Å². The summed E-state index contributed by atoms with van der Waals surface area (Å²) in [6, 6.07) is 13.5. The quantitative estimate of drug-likeness (QED) is 0.384. The van der Waals surface area contributed by atoms with Crippen molar-refractivity contribution in [3.05, 3.63) is 72.5 Å². The number of aliphatic hydroxyl groups is 1. The number of hydrogen-bond donors (Lipinski definition) is 2. The van der Waals surface area contributed by atoms with Gasteiger partial charge in [-0.25, -0.2) is 17.5 Å². The number of nitrogens with one attached hydrogen (secondary N) is 1. The van der Waals surface area contributed by atoms with Gasteiger partial charge < -0.3 is 19.1 Å².